The lowest BCUT2D eigenvalue weighted by Crippen LogP contribution is -2.16. The zero-order valence-electron chi connectivity index (χ0n) is 37.0. The molecular formula is C48H50BrF2N13O. The van der Waals surface area contributed by atoms with E-state index in [9.17, 15) is 13.6 Å². The highest BCUT2D eigenvalue weighted by Gasteiger charge is 2.27. The van der Waals surface area contributed by atoms with Crippen molar-refractivity contribution in [1.82, 2.24) is 53.4 Å². The van der Waals surface area contributed by atoms with Gasteiger partial charge in [-0.15, -0.1) is 10.2 Å². The molecule has 6 heterocycles. The van der Waals surface area contributed by atoms with E-state index in [-0.39, 0.29) is 17.4 Å². The number of imidazole rings is 3. The second-order valence-corrected chi connectivity index (χ2v) is 17.7. The number of aromatic nitrogens is 11. The Kier molecular flexibility index (Phi) is 13.1. The van der Waals surface area contributed by atoms with Gasteiger partial charge in [0.15, 0.2) is 11.6 Å². The van der Waals surface area contributed by atoms with E-state index in [1.807, 2.05) is 68.9 Å². The van der Waals surface area contributed by atoms with Crippen molar-refractivity contribution in [3.05, 3.63) is 149 Å². The standard InChI is InChI=1S/C25H25FN6O.C13H12BrFN2.C10H13N5/c1-15(2)32-10-9-27-24(32)20-5-4-6-23(29-20)30-25(33)18-12-22(16(3)11-19(18)26)31-13-21(28-14-31)17-7-8-17;1-8-4-11(15)10(14)5-13(8)17-6-12(16-7-17)9-2-3-9;1-7(2)15-6-12-14-10(15)8-4-3-5-9(11)13-8/h4-6,9-15,17H,7-8H2,1-3H3,(H,29,30,33);4-7,9H,2-3H2,1H3;3-7H,1-2H3,(H2,11,13). The maximum atomic E-state index is 14.8. The Morgan fingerprint density at radius 1 is 0.738 bits per heavy atom. The van der Waals surface area contributed by atoms with E-state index in [2.05, 4.69) is 84.1 Å². The monoisotopic (exact) mass is 941 g/mol. The Labute approximate surface area is 384 Å². The molecule has 0 bridgehead atoms. The Balaban J connectivity index is 0.000000150. The lowest BCUT2D eigenvalue weighted by Gasteiger charge is -2.13. The average molecular weight is 943 g/mol. The van der Waals surface area contributed by atoms with E-state index in [0.717, 1.165) is 58.2 Å². The fourth-order valence-corrected chi connectivity index (χ4v) is 7.60. The van der Waals surface area contributed by atoms with Crippen molar-refractivity contribution in [2.45, 2.75) is 91.1 Å². The number of hydrogen-bond acceptors (Lipinski definition) is 9. The zero-order valence-corrected chi connectivity index (χ0v) is 38.6. The number of benzene rings is 2. The molecule has 65 heavy (non-hydrogen) atoms. The lowest BCUT2D eigenvalue weighted by molar-refractivity contribution is 0.102. The number of nitrogen functional groups attached to an aromatic ring is 1. The highest BCUT2D eigenvalue weighted by Crippen LogP contribution is 2.40. The van der Waals surface area contributed by atoms with Crippen LogP contribution in [0.15, 0.2) is 109 Å². The SMILES string of the molecule is CC(C)n1cnnc1-c1cccc(N)n1.Cc1cc(F)c(Br)cc1-n1cnc(C2CC2)c1.Cc1cc(F)c(C(=O)Nc2cccc(-c3nccn3C(C)C)n2)cc1-n1cnc(C2CC2)c1. The van der Waals surface area contributed by atoms with Crippen LogP contribution in [0.2, 0.25) is 0 Å². The highest BCUT2D eigenvalue weighted by atomic mass is 79.9. The molecule has 0 aliphatic heterocycles. The summed E-state index contributed by atoms with van der Waals surface area (Å²) in [7, 11) is 0. The molecule has 0 spiro atoms. The van der Waals surface area contributed by atoms with E-state index in [1.54, 1.807) is 55.5 Å². The molecule has 8 aromatic rings. The van der Waals surface area contributed by atoms with E-state index in [0.29, 0.717) is 45.5 Å². The summed E-state index contributed by atoms with van der Waals surface area (Å²) >= 11 is 3.22. The predicted octanol–water partition coefficient (Wildman–Crippen LogP) is 10.8. The van der Waals surface area contributed by atoms with Crippen molar-refractivity contribution in [3.63, 3.8) is 0 Å². The van der Waals surface area contributed by atoms with E-state index in [4.69, 9.17) is 5.73 Å². The third-order valence-electron chi connectivity index (χ3n) is 11.1. The number of aryl methyl sites for hydroxylation is 2. The van der Waals surface area contributed by atoms with Crippen molar-refractivity contribution in [3.8, 4) is 34.4 Å². The van der Waals surface area contributed by atoms with Crippen molar-refractivity contribution in [2.75, 3.05) is 11.1 Å². The molecule has 0 radical (unpaired) electrons. The molecule has 14 nitrogen and oxygen atoms in total. The molecule has 17 heteroatoms. The maximum Gasteiger partial charge on any atom is 0.259 e. The van der Waals surface area contributed by atoms with Crippen molar-refractivity contribution < 1.29 is 13.6 Å². The van der Waals surface area contributed by atoms with Crippen LogP contribution < -0.4 is 11.1 Å². The van der Waals surface area contributed by atoms with Crippen LogP contribution in [0, 0.1) is 25.5 Å². The van der Waals surface area contributed by atoms with Gasteiger partial charge in [0, 0.05) is 48.7 Å². The molecule has 0 atom stereocenters. The van der Waals surface area contributed by atoms with Crippen LogP contribution in [0.4, 0.5) is 20.4 Å². The quantitative estimate of drug-likeness (QED) is 0.136. The number of carbonyl (C=O) groups excluding carboxylic acids is 1. The first-order chi connectivity index (χ1) is 31.2. The number of anilines is 2. The number of hydrogen-bond donors (Lipinski definition) is 2. The molecule has 2 fully saturated rings. The van der Waals surface area contributed by atoms with Crippen LogP contribution in [-0.4, -0.2) is 59.3 Å². The summed E-state index contributed by atoms with van der Waals surface area (Å²) in [5, 5.41) is 10.7. The van der Waals surface area contributed by atoms with E-state index < -0.39 is 11.7 Å². The first kappa shape index (κ1) is 44.7. The van der Waals surface area contributed by atoms with Crippen LogP contribution in [0.25, 0.3) is 34.4 Å². The molecule has 2 saturated carbocycles. The zero-order chi connectivity index (χ0) is 45.9. The maximum absolute atomic E-state index is 14.8. The summed E-state index contributed by atoms with van der Waals surface area (Å²) in [6, 6.07) is 17.6. The molecule has 0 unspecified atom stereocenters. The number of carbonyl (C=O) groups is 1. The summed E-state index contributed by atoms with van der Waals surface area (Å²) in [5.41, 5.74) is 12.5. The lowest BCUT2D eigenvalue weighted by atomic mass is 10.1. The summed E-state index contributed by atoms with van der Waals surface area (Å²) in [6.45, 7) is 12.0. The predicted molar refractivity (Wildman–Crippen MR) is 250 cm³/mol. The summed E-state index contributed by atoms with van der Waals surface area (Å²) < 4.78 is 36.4. The van der Waals surface area contributed by atoms with Crippen LogP contribution in [0.1, 0.15) is 110 Å². The molecule has 3 N–H and O–H groups in total. The molecular weight excluding hydrogens is 893 g/mol. The van der Waals surface area contributed by atoms with Gasteiger partial charge in [-0.2, -0.15) is 0 Å². The molecule has 0 saturated heterocycles. The molecule has 334 valence electrons. The Morgan fingerprint density at radius 2 is 1.32 bits per heavy atom. The van der Waals surface area contributed by atoms with E-state index >= 15 is 0 Å². The second kappa shape index (κ2) is 19.1. The number of nitrogens with one attached hydrogen (secondary N) is 1. The number of halogens is 3. The van der Waals surface area contributed by atoms with Gasteiger partial charge in [0.25, 0.3) is 5.91 Å². The van der Waals surface area contributed by atoms with E-state index in [1.165, 1.54) is 25.0 Å². The number of amides is 1. The van der Waals surface area contributed by atoms with Crippen molar-refractivity contribution >= 4 is 33.5 Å². The first-order valence-corrected chi connectivity index (χ1v) is 22.3. The number of rotatable bonds is 10. The van der Waals surface area contributed by atoms with Gasteiger partial charge in [0.05, 0.1) is 45.5 Å². The summed E-state index contributed by atoms with van der Waals surface area (Å²) in [4.78, 5) is 35.0. The first-order valence-electron chi connectivity index (χ1n) is 21.5. The molecule has 2 aromatic carbocycles. The third kappa shape index (κ3) is 10.4. The Morgan fingerprint density at radius 3 is 1.92 bits per heavy atom. The van der Waals surface area contributed by atoms with Gasteiger partial charge in [-0.3, -0.25) is 4.79 Å². The molecule has 1 amide bonds. The Hall–Kier alpha value is -6.88. The fraction of sp³-hybridized carbons (Fsp3) is 0.292. The second-order valence-electron chi connectivity index (χ2n) is 16.8. The minimum atomic E-state index is -0.581. The molecule has 6 aromatic heterocycles. The third-order valence-corrected chi connectivity index (χ3v) is 11.7. The summed E-state index contributed by atoms with van der Waals surface area (Å²) in [5.74, 6) is 2.06. The van der Waals surface area contributed by atoms with Gasteiger partial charge >= 0.3 is 0 Å². The number of nitrogens with zero attached hydrogens (tertiary/aromatic N) is 11. The topological polar surface area (TPSA) is 165 Å². The number of nitrogens with two attached hydrogens (primary N) is 1. The van der Waals surface area contributed by atoms with Crippen molar-refractivity contribution in [2.24, 2.45) is 0 Å². The average Bonchev–Trinajstić information content (AvgIpc) is 4.00. The minimum Gasteiger partial charge on any atom is -0.384 e. The fourth-order valence-electron chi connectivity index (χ4n) is 7.27. The van der Waals surface area contributed by atoms with Gasteiger partial charge in [-0.1, -0.05) is 12.1 Å². The van der Waals surface area contributed by atoms with Crippen LogP contribution >= 0.6 is 15.9 Å². The minimum absolute atomic E-state index is 0.0480. The smallest absolute Gasteiger partial charge is 0.259 e. The molecule has 2 aliphatic rings. The normalized spacial score (nSPS) is 13.3. The molecule has 2 aliphatic carbocycles. The highest BCUT2D eigenvalue weighted by molar-refractivity contribution is 9.10. The molecule has 10 rings (SSSR count). The Bertz CT molecular complexity index is 2960. The van der Waals surface area contributed by atoms with Crippen molar-refractivity contribution in [1.29, 1.82) is 0 Å². The summed E-state index contributed by atoms with van der Waals surface area (Å²) in [6.07, 6.45) is 17.6. The van der Waals surface area contributed by atoms with Gasteiger partial charge in [-0.25, -0.2) is 33.7 Å². The van der Waals surface area contributed by atoms with Gasteiger partial charge in [0.1, 0.15) is 41.0 Å². The van der Waals surface area contributed by atoms with Gasteiger partial charge in [-0.05, 0) is 143 Å². The van der Waals surface area contributed by atoms with Crippen LogP contribution in [0.5, 0.6) is 0 Å². The van der Waals surface area contributed by atoms with Crippen LogP contribution in [0.3, 0.4) is 0 Å². The largest absolute Gasteiger partial charge is 0.384 e. The van der Waals surface area contributed by atoms with Gasteiger partial charge < -0.3 is 29.3 Å². The van der Waals surface area contributed by atoms with Crippen LogP contribution in [-0.2, 0) is 0 Å². The van der Waals surface area contributed by atoms with Gasteiger partial charge in [0.2, 0.25) is 0 Å². The number of pyridine rings is 2.